The number of nitrogens with one attached hydrogen (secondary N) is 1. The molecule has 162 valence electrons. The van der Waals surface area contributed by atoms with Crippen molar-refractivity contribution >= 4 is 21.6 Å². The van der Waals surface area contributed by atoms with Gasteiger partial charge in [-0.1, -0.05) is 60.2 Å². The molecule has 1 amide bonds. The highest BCUT2D eigenvalue weighted by Gasteiger charge is 2.18. The van der Waals surface area contributed by atoms with E-state index in [1.807, 2.05) is 61.5 Å². The number of carbonyl (C=O) groups is 1. The number of anilines is 1. The molecular formula is C24H26N2O4S. The summed E-state index contributed by atoms with van der Waals surface area (Å²) >= 11 is 0. The summed E-state index contributed by atoms with van der Waals surface area (Å²) in [6, 6.07) is 24.0. The van der Waals surface area contributed by atoms with Crippen LogP contribution in [0.3, 0.4) is 0 Å². The fourth-order valence-corrected chi connectivity index (χ4v) is 3.85. The lowest BCUT2D eigenvalue weighted by atomic mass is 10.1. The Labute approximate surface area is 183 Å². The number of ether oxygens (including phenoxy) is 1. The molecule has 6 nitrogen and oxygen atoms in total. The Bertz CT molecular complexity index is 1100. The predicted octanol–water partition coefficient (Wildman–Crippen LogP) is 3.66. The Kier molecular flexibility index (Phi) is 7.31. The largest absolute Gasteiger partial charge is 0.484 e. The zero-order valence-electron chi connectivity index (χ0n) is 17.6. The Morgan fingerprint density at radius 3 is 2.16 bits per heavy atom. The number of benzene rings is 3. The van der Waals surface area contributed by atoms with Crippen molar-refractivity contribution in [2.45, 2.75) is 20.0 Å². The van der Waals surface area contributed by atoms with Gasteiger partial charge in [-0.2, -0.15) is 0 Å². The molecule has 1 N–H and O–H groups in total. The van der Waals surface area contributed by atoms with E-state index in [1.54, 1.807) is 24.3 Å². The first kappa shape index (κ1) is 22.4. The lowest BCUT2D eigenvalue weighted by Gasteiger charge is -2.22. The highest BCUT2D eigenvalue weighted by molar-refractivity contribution is 7.92. The van der Waals surface area contributed by atoms with Gasteiger partial charge in [-0.05, 0) is 42.3 Å². The molecule has 3 aromatic carbocycles. The van der Waals surface area contributed by atoms with Crippen LogP contribution in [-0.2, 0) is 27.9 Å². The molecule has 0 spiro atoms. The molecule has 0 fully saturated rings. The van der Waals surface area contributed by atoms with Crippen molar-refractivity contribution in [3.63, 3.8) is 0 Å². The van der Waals surface area contributed by atoms with Crippen molar-refractivity contribution in [1.82, 2.24) is 5.32 Å². The zero-order valence-corrected chi connectivity index (χ0v) is 18.4. The van der Waals surface area contributed by atoms with Gasteiger partial charge in [-0.3, -0.25) is 9.10 Å². The number of nitrogens with zero attached hydrogens (tertiary/aromatic N) is 1. The van der Waals surface area contributed by atoms with Crippen LogP contribution in [0.25, 0.3) is 0 Å². The number of amides is 1. The van der Waals surface area contributed by atoms with Crippen LogP contribution in [0.2, 0.25) is 0 Å². The molecule has 3 aromatic rings. The number of sulfonamides is 1. The first-order valence-corrected chi connectivity index (χ1v) is 11.7. The number of hydrogen-bond donors (Lipinski definition) is 1. The predicted molar refractivity (Wildman–Crippen MR) is 122 cm³/mol. The maximum atomic E-state index is 12.3. The first-order chi connectivity index (χ1) is 14.8. The third-order valence-corrected chi connectivity index (χ3v) is 5.81. The van der Waals surface area contributed by atoms with E-state index in [9.17, 15) is 13.2 Å². The molecule has 0 heterocycles. The highest BCUT2D eigenvalue weighted by atomic mass is 32.2. The second kappa shape index (κ2) is 10.1. The van der Waals surface area contributed by atoms with E-state index in [0.29, 0.717) is 18.0 Å². The third-order valence-electron chi connectivity index (χ3n) is 4.67. The van der Waals surface area contributed by atoms with Crippen molar-refractivity contribution in [1.29, 1.82) is 0 Å². The molecule has 0 saturated heterocycles. The summed E-state index contributed by atoms with van der Waals surface area (Å²) in [6.45, 7) is 2.56. The fraction of sp³-hybridized carbons (Fsp3) is 0.208. The van der Waals surface area contributed by atoms with Crippen LogP contribution >= 0.6 is 0 Å². The SMILES string of the molecule is Cc1ccc(CNC(=O)COc2ccc(N(Cc3ccccc3)S(C)(=O)=O)cc2)cc1. The normalized spacial score (nSPS) is 11.0. The molecule has 0 aliphatic carbocycles. The van der Waals surface area contributed by atoms with Gasteiger partial charge in [0, 0.05) is 6.54 Å². The van der Waals surface area contributed by atoms with E-state index in [4.69, 9.17) is 4.74 Å². The Hall–Kier alpha value is -3.32. The van der Waals surface area contributed by atoms with Gasteiger partial charge in [0.1, 0.15) is 5.75 Å². The number of carbonyl (C=O) groups excluding carboxylic acids is 1. The summed E-state index contributed by atoms with van der Waals surface area (Å²) in [6.07, 6.45) is 1.18. The van der Waals surface area contributed by atoms with Crippen molar-refractivity contribution in [3.05, 3.63) is 95.6 Å². The number of rotatable bonds is 9. The van der Waals surface area contributed by atoms with Gasteiger partial charge < -0.3 is 10.1 Å². The maximum absolute atomic E-state index is 12.3. The van der Waals surface area contributed by atoms with E-state index in [0.717, 1.165) is 11.1 Å². The summed E-state index contributed by atoms with van der Waals surface area (Å²) in [7, 11) is -3.46. The molecule has 0 radical (unpaired) electrons. The zero-order chi connectivity index (χ0) is 22.3. The minimum atomic E-state index is -3.46. The van der Waals surface area contributed by atoms with Crippen LogP contribution in [-0.4, -0.2) is 27.2 Å². The van der Waals surface area contributed by atoms with Gasteiger partial charge >= 0.3 is 0 Å². The summed E-state index contributed by atoms with van der Waals surface area (Å²) in [5, 5.41) is 2.81. The molecule has 0 bridgehead atoms. The van der Waals surface area contributed by atoms with E-state index in [-0.39, 0.29) is 19.1 Å². The van der Waals surface area contributed by atoms with Gasteiger partial charge in [0.15, 0.2) is 6.61 Å². The van der Waals surface area contributed by atoms with Gasteiger partial charge in [-0.25, -0.2) is 8.42 Å². The summed E-state index contributed by atoms with van der Waals surface area (Å²) in [5.74, 6) is 0.258. The Morgan fingerprint density at radius 1 is 0.903 bits per heavy atom. The summed E-state index contributed by atoms with van der Waals surface area (Å²) in [5.41, 5.74) is 3.60. The lowest BCUT2D eigenvalue weighted by molar-refractivity contribution is -0.123. The number of hydrogen-bond acceptors (Lipinski definition) is 4. The first-order valence-electron chi connectivity index (χ1n) is 9.88. The minimum Gasteiger partial charge on any atom is -0.484 e. The Morgan fingerprint density at radius 2 is 1.55 bits per heavy atom. The van der Waals surface area contributed by atoms with Crippen molar-refractivity contribution in [2.24, 2.45) is 0 Å². The molecular weight excluding hydrogens is 412 g/mol. The minimum absolute atomic E-state index is 0.120. The highest BCUT2D eigenvalue weighted by Crippen LogP contribution is 2.23. The maximum Gasteiger partial charge on any atom is 0.258 e. The van der Waals surface area contributed by atoms with Crippen LogP contribution in [0.15, 0.2) is 78.9 Å². The quantitative estimate of drug-likeness (QED) is 0.553. The average molecular weight is 439 g/mol. The smallest absolute Gasteiger partial charge is 0.258 e. The van der Waals surface area contributed by atoms with E-state index in [2.05, 4.69) is 5.32 Å². The molecule has 31 heavy (non-hydrogen) atoms. The lowest BCUT2D eigenvalue weighted by Crippen LogP contribution is -2.29. The third kappa shape index (κ3) is 6.86. The monoisotopic (exact) mass is 438 g/mol. The van der Waals surface area contributed by atoms with Crippen LogP contribution in [0.1, 0.15) is 16.7 Å². The van der Waals surface area contributed by atoms with Crippen LogP contribution in [0.4, 0.5) is 5.69 Å². The van der Waals surface area contributed by atoms with Crippen LogP contribution in [0, 0.1) is 6.92 Å². The molecule has 0 unspecified atom stereocenters. The molecule has 0 atom stereocenters. The Balaban J connectivity index is 1.56. The average Bonchev–Trinajstić information content (AvgIpc) is 2.76. The molecule has 7 heteroatoms. The second-order valence-corrected chi connectivity index (χ2v) is 9.21. The van der Waals surface area contributed by atoms with Gasteiger partial charge in [0.2, 0.25) is 10.0 Å². The number of aryl methyl sites for hydroxylation is 1. The van der Waals surface area contributed by atoms with Crippen LogP contribution < -0.4 is 14.4 Å². The summed E-state index contributed by atoms with van der Waals surface area (Å²) in [4.78, 5) is 12.0. The molecule has 3 rings (SSSR count). The molecule has 0 aromatic heterocycles. The van der Waals surface area contributed by atoms with Gasteiger partial charge in [0.05, 0.1) is 18.5 Å². The molecule has 0 saturated carbocycles. The van der Waals surface area contributed by atoms with Crippen molar-refractivity contribution < 1.29 is 17.9 Å². The van der Waals surface area contributed by atoms with E-state index < -0.39 is 10.0 Å². The van der Waals surface area contributed by atoms with Crippen LogP contribution in [0.5, 0.6) is 5.75 Å². The van der Waals surface area contributed by atoms with E-state index >= 15 is 0 Å². The van der Waals surface area contributed by atoms with Gasteiger partial charge in [0.25, 0.3) is 5.91 Å². The molecule has 0 aliphatic heterocycles. The van der Waals surface area contributed by atoms with E-state index in [1.165, 1.54) is 16.1 Å². The topological polar surface area (TPSA) is 75.7 Å². The van der Waals surface area contributed by atoms with Crippen molar-refractivity contribution in [2.75, 3.05) is 17.2 Å². The standard InChI is InChI=1S/C24H26N2O4S/c1-19-8-10-20(11-9-19)16-25-24(27)18-30-23-14-12-22(13-15-23)26(31(2,28)29)17-21-6-4-3-5-7-21/h3-15H,16-18H2,1-2H3,(H,25,27). The van der Waals surface area contributed by atoms with Crippen molar-refractivity contribution in [3.8, 4) is 5.75 Å². The van der Waals surface area contributed by atoms with Gasteiger partial charge in [-0.15, -0.1) is 0 Å². The second-order valence-electron chi connectivity index (χ2n) is 7.30. The summed E-state index contributed by atoms with van der Waals surface area (Å²) < 4.78 is 31.4. The molecule has 0 aliphatic rings. The fourth-order valence-electron chi connectivity index (χ4n) is 2.96.